The van der Waals surface area contributed by atoms with Crippen LogP contribution in [0.25, 0.3) is 33.4 Å². The predicted octanol–water partition coefficient (Wildman–Crippen LogP) is 11.3. The molecule has 0 aromatic heterocycles. The van der Waals surface area contributed by atoms with Crippen LogP contribution >= 0.6 is 0 Å². The molecule has 0 radical (unpaired) electrons. The number of benzene rings is 7. The molecule has 2 aliphatic heterocycles. The summed E-state index contributed by atoms with van der Waals surface area (Å²) < 4.78 is 13.5. The number of ether oxygens (including phenoxy) is 2. The Morgan fingerprint density at radius 3 is 1.20 bits per heavy atom. The molecule has 2 aliphatic rings. The van der Waals surface area contributed by atoms with Crippen molar-refractivity contribution in [2.24, 2.45) is 0 Å². The number of fused-ring (bicyclic) bond motifs is 8. The first-order chi connectivity index (χ1) is 22.3. The fraction of sp³-hybridized carbons (Fsp3) is 0.0233. The summed E-state index contributed by atoms with van der Waals surface area (Å²) in [6.45, 7) is 0. The molecule has 0 saturated heterocycles. The van der Waals surface area contributed by atoms with Gasteiger partial charge in [0, 0.05) is 22.3 Å². The highest BCUT2D eigenvalue weighted by molar-refractivity contribution is 5.80. The third kappa shape index (κ3) is 3.96. The highest BCUT2D eigenvalue weighted by Gasteiger charge is 2.50. The monoisotopic (exact) mass is 576 g/mol. The zero-order chi connectivity index (χ0) is 29.8. The van der Waals surface area contributed by atoms with Gasteiger partial charge in [-0.25, -0.2) is 0 Å². The van der Waals surface area contributed by atoms with Crippen molar-refractivity contribution in [2.75, 3.05) is 0 Å². The highest BCUT2D eigenvalue weighted by Crippen LogP contribution is 2.61. The zero-order valence-corrected chi connectivity index (χ0v) is 24.5. The molecule has 2 heterocycles. The summed E-state index contributed by atoms with van der Waals surface area (Å²) in [5, 5.41) is 0. The normalized spacial score (nSPS) is 13.4. The van der Waals surface area contributed by atoms with E-state index < -0.39 is 5.41 Å². The molecule has 1 spiro atoms. The van der Waals surface area contributed by atoms with Crippen molar-refractivity contribution in [2.45, 2.75) is 5.41 Å². The lowest BCUT2D eigenvalue weighted by Crippen LogP contribution is -2.36. The van der Waals surface area contributed by atoms with Gasteiger partial charge >= 0.3 is 0 Å². The van der Waals surface area contributed by atoms with E-state index in [-0.39, 0.29) is 0 Å². The second-order valence-electron chi connectivity index (χ2n) is 11.7. The Kier molecular flexibility index (Phi) is 5.76. The second kappa shape index (κ2) is 10.1. The van der Waals surface area contributed by atoms with E-state index in [1.54, 1.807) is 0 Å². The summed E-state index contributed by atoms with van der Waals surface area (Å²) >= 11 is 0. The number of para-hydroxylation sites is 2. The van der Waals surface area contributed by atoms with Crippen molar-refractivity contribution in [3.05, 3.63) is 192 Å². The molecule has 2 nitrogen and oxygen atoms in total. The van der Waals surface area contributed by atoms with Crippen molar-refractivity contribution >= 4 is 0 Å². The fourth-order valence-corrected chi connectivity index (χ4v) is 7.17. The SMILES string of the molecule is c1ccc(-c2cccc(-c3ccc4c(c3)Oc3cc(-c5ccccc5)ccc3C43c4ccccc4Oc4ccccc43)c2)cc1. The van der Waals surface area contributed by atoms with Crippen LogP contribution in [0.4, 0.5) is 0 Å². The molecule has 2 heteroatoms. The third-order valence-corrected chi connectivity index (χ3v) is 9.20. The Morgan fingerprint density at radius 1 is 0.267 bits per heavy atom. The van der Waals surface area contributed by atoms with Crippen LogP contribution in [0.2, 0.25) is 0 Å². The minimum absolute atomic E-state index is 0.617. The molecule has 0 amide bonds. The largest absolute Gasteiger partial charge is 0.457 e. The minimum Gasteiger partial charge on any atom is -0.457 e. The van der Waals surface area contributed by atoms with Crippen molar-refractivity contribution in [3.63, 3.8) is 0 Å². The average Bonchev–Trinajstić information content (AvgIpc) is 3.12. The predicted molar refractivity (Wildman–Crippen MR) is 181 cm³/mol. The summed E-state index contributed by atoms with van der Waals surface area (Å²) in [5.41, 5.74) is 10.7. The van der Waals surface area contributed by atoms with E-state index in [0.717, 1.165) is 67.5 Å². The van der Waals surface area contributed by atoms with Gasteiger partial charge in [0.15, 0.2) is 0 Å². The molecule has 0 aliphatic carbocycles. The quantitative estimate of drug-likeness (QED) is 0.208. The van der Waals surface area contributed by atoms with Crippen molar-refractivity contribution in [1.29, 1.82) is 0 Å². The third-order valence-electron chi connectivity index (χ3n) is 9.20. The summed E-state index contributed by atoms with van der Waals surface area (Å²) in [5.74, 6) is 3.43. The van der Waals surface area contributed by atoms with Gasteiger partial charge in [-0.15, -0.1) is 0 Å². The second-order valence-corrected chi connectivity index (χ2v) is 11.7. The van der Waals surface area contributed by atoms with Gasteiger partial charge in [0.25, 0.3) is 0 Å². The van der Waals surface area contributed by atoms with Gasteiger partial charge in [-0.3, -0.25) is 0 Å². The molecular formula is C43H28O2. The molecule has 0 unspecified atom stereocenters. The number of rotatable bonds is 3. The maximum absolute atomic E-state index is 6.93. The summed E-state index contributed by atoms with van der Waals surface area (Å²) in [6.07, 6.45) is 0. The first-order valence-corrected chi connectivity index (χ1v) is 15.3. The maximum atomic E-state index is 6.93. The standard InChI is InChI=1S/C43H28O2/c1-3-12-29(13-4-1)31-16-11-17-32(26-31)34-23-25-38-42(28-34)45-41-27-33(30-14-5-2-6-15-30)22-24-37(41)43(38)35-18-7-9-20-39(35)44-40-21-10-8-19-36(40)43/h1-28H. The van der Waals surface area contributed by atoms with Crippen LogP contribution in [0.15, 0.2) is 170 Å². The van der Waals surface area contributed by atoms with E-state index in [0.29, 0.717) is 0 Å². The Morgan fingerprint density at radius 2 is 0.644 bits per heavy atom. The van der Waals surface area contributed by atoms with Crippen LogP contribution in [0.3, 0.4) is 0 Å². The van der Waals surface area contributed by atoms with Gasteiger partial charge in [0.05, 0.1) is 5.41 Å². The van der Waals surface area contributed by atoms with Crippen LogP contribution in [-0.2, 0) is 5.41 Å². The van der Waals surface area contributed by atoms with Gasteiger partial charge in [-0.05, 0) is 63.7 Å². The first kappa shape index (κ1) is 25.6. The molecule has 7 aromatic rings. The van der Waals surface area contributed by atoms with Crippen LogP contribution in [-0.4, -0.2) is 0 Å². The van der Waals surface area contributed by atoms with Crippen LogP contribution in [0, 0.1) is 0 Å². The molecule has 0 atom stereocenters. The van der Waals surface area contributed by atoms with Gasteiger partial charge in [-0.2, -0.15) is 0 Å². The summed E-state index contributed by atoms with van der Waals surface area (Å²) in [4.78, 5) is 0. The molecule has 0 bridgehead atoms. The topological polar surface area (TPSA) is 18.5 Å². The van der Waals surface area contributed by atoms with Crippen LogP contribution in [0.5, 0.6) is 23.0 Å². The highest BCUT2D eigenvalue weighted by atomic mass is 16.5. The molecule has 9 rings (SSSR count). The van der Waals surface area contributed by atoms with Crippen LogP contribution < -0.4 is 9.47 Å². The smallest absolute Gasteiger partial charge is 0.132 e. The molecule has 45 heavy (non-hydrogen) atoms. The van der Waals surface area contributed by atoms with E-state index in [2.05, 4.69) is 152 Å². The van der Waals surface area contributed by atoms with Crippen molar-refractivity contribution < 1.29 is 9.47 Å². The van der Waals surface area contributed by atoms with Crippen molar-refractivity contribution in [3.8, 4) is 56.4 Å². The molecule has 0 fully saturated rings. The number of hydrogen-bond donors (Lipinski definition) is 0. The fourth-order valence-electron chi connectivity index (χ4n) is 7.17. The molecule has 0 N–H and O–H groups in total. The Hall–Kier alpha value is -5.86. The lowest BCUT2D eigenvalue weighted by molar-refractivity contribution is 0.399. The van der Waals surface area contributed by atoms with E-state index in [4.69, 9.17) is 9.47 Å². The Bertz CT molecular complexity index is 2170. The van der Waals surface area contributed by atoms with Gasteiger partial charge in [0.2, 0.25) is 0 Å². The van der Waals surface area contributed by atoms with Gasteiger partial charge in [-0.1, -0.05) is 140 Å². The van der Waals surface area contributed by atoms with E-state index in [1.165, 1.54) is 11.1 Å². The summed E-state index contributed by atoms with van der Waals surface area (Å²) in [7, 11) is 0. The van der Waals surface area contributed by atoms with E-state index >= 15 is 0 Å². The molecule has 7 aromatic carbocycles. The molecule has 212 valence electrons. The Balaban J connectivity index is 1.30. The molecular weight excluding hydrogens is 548 g/mol. The average molecular weight is 577 g/mol. The van der Waals surface area contributed by atoms with E-state index in [1.807, 2.05) is 18.2 Å². The van der Waals surface area contributed by atoms with Crippen LogP contribution in [0.1, 0.15) is 22.3 Å². The first-order valence-electron chi connectivity index (χ1n) is 15.3. The lowest BCUT2D eigenvalue weighted by Gasteiger charge is -2.45. The number of hydrogen-bond acceptors (Lipinski definition) is 2. The minimum atomic E-state index is -0.617. The summed E-state index contributed by atoms with van der Waals surface area (Å²) in [6, 6.07) is 59.9. The maximum Gasteiger partial charge on any atom is 0.132 e. The zero-order valence-electron chi connectivity index (χ0n) is 24.5. The van der Waals surface area contributed by atoms with E-state index in [9.17, 15) is 0 Å². The molecule has 0 saturated carbocycles. The van der Waals surface area contributed by atoms with Crippen molar-refractivity contribution in [1.82, 2.24) is 0 Å². The van der Waals surface area contributed by atoms with Gasteiger partial charge < -0.3 is 9.47 Å². The Labute approximate surface area is 262 Å². The lowest BCUT2D eigenvalue weighted by atomic mass is 9.62. The van der Waals surface area contributed by atoms with Gasteiger partial charge in [0.1, 0.15) is 23.0 Å².